The molecule has 8 nitrogen and oxygen atoms in total. The topological polar surface area (TPSA) is 102 Å². The largest absolute Gasteiger partial charge is 0.477 e. The molecule has 2 heterocycles. The van der Waals surface area contributed by atoms with Gasteiger partial charge >= 0.3 is 0 Å². The molecule has 0 saturated heterocycles. The van der Waals surface area contributed by atoms with E-state index in [1.165, 1.54) is 0 Å². The minimum absolute atomic E-state index is 0.0115. The maximum absolute atomic E-state index is 13.7. The quantitative estimate of drug-likeness (QED) is 0.283. The van der Waals surface area contributed by atoms with Gasteiger partial charge in [-0.05, 0) is 92.5 Å². The van der Waals surface area contributed by atoms with Gasteiger partial charge in [-0.2, -0.15) is 4.98 Å². The number of anilines is 1. The normalized spacial score (nSPS) is 23.5. The van der Waals surface area contributed by atoms with Crippen LogP contribution in [0.4, 0.5) is 5.95 Å². The van der Waals surface area contributed by atoms with E-state index in [-0.39, 0.29) is 22.7 Å². The zero-order valence-corrected chi connectivity index (χ0v) is 26.9. The second kappa shape index (κ2) is 13.7. The van der Waals surface area contributed by atoms with Gasteiger partial charge in [0.05, 0.1) is 23.8 Å². The Morgan fingerprint density at radius 3 is 2.44 bits per heavy atom. The molecule has 43 heavy (non-hydrogen) atoms. The van der Waals surface area contributed by atoms with E-state index >= 15 is 0 Å². The van der Waals surface area contributed by atoms with Crippen molar-refractivity contribution in [3.05, 3.63) is 65.2 Å². The molecule has 0 spiro atoms. The number of nitrogens with one attached hydrogen (secondary N) is 2. The maximum Gasteiger partial charge on any atom is 0.264 e. The highest BCUT2D eigenvalue weighted by Gasteiger charge is 2.36. The van der Waals surface area contributed by atoms with E-state index in [1.54, 1.807) is 13.2 Å². The summed E-state index contributed by atoms with van der Waals surface area (Å²) in [5.74, 6) is 1.63. The molecular formula is C34H46N4O4S. The van der Waals surface area contributed by atoms with Gasteiger partial charge in [0.1, 0.15) is 0 Å². The van der Waals surface area contributed by atoms with Gasteiger partial charge in [-0.25, -0.2) is 18.1 Å². The highest BCUT2D eigenvalue weighted by atomic mass is 32.2. The molecule has 9 heteroatoms. The minimum Gasteiger partial charge on any atom is -0.477 e. The third-order valence-electron chi connectivity index (χ3n) is 8.97. The van der Waals surface area contributed by atoms with E-state index < -0.39 is 10.0 Å². The van der Waals surface area contributed by atoms with Crippen molar-refractivity contribution in [2.75, 3.05) is 31.6 Å². The lowest BCUT2D eigenvalue weighted by molar-refractivity contribution is 0.140. The van der Waals surface area contributed by atoms with Crippen molar-refractivity contribution in [1.82, 2.24) is 15.3 Å². The Balaban J connectivity index is 1.54. The Morgan fingerprint density at radius 2 is 1.74 bits per heavy atom. The summed E-state index contributed by atoms with van der Waals surface area (Å²) in [5.41, 5.74) is 4.76. The molecule has 2 aromatic carbocycles. The third-order valence-corrected chi connectivity index (χ3v) is 10.3. The van der Waals surface area contributed by atoms with Gasteiger partial charge in [0.25, 0.3) is 10.0 Å². The molecule has 2 aliphatic rings. The van der Waals surface area contributed by atoms with Gasteiger partial charge in [-0.3, -0.25) is 0 Å². The Kier molecular flexibility index (Phi) is 10.0. The Labute approximate surface area is 257 Å². The van der Waals surface area contributed by atoms with Crippen LogP contribution in [0.1, 0.15) is 68.6 Å². The van der Waals surface area contributed by atoms with E-state index in [1.807, 2.05) is 50.2 Å². The second-order valence-electron chi connectivity index (χ2n) is 12.6. The second-order valence-corrected chi connectivity index (χ2v) is 14.3. The van der Waals surface area contributed by atoms with E-state index in [0.717, 1.165) is 60.9 Å². The summed E-state index contributed by atoms with van der Waals surface area (Å²) in [5, 5.41) is 3.64. The summed E-state index contributed by atoms with van der Waals surface area (Å²) < 4.78 is 41.9. The molecule has 0 amide bonds. The van der Waals surface area contributed by atoms with Gasteiger partial charge in [0.15, 0.2) is 0 Å². The lowest BCUT2D eigenvalue weighted by Crippen LogP contribution is -2.38. The first-order valence-electron chi connectivity index (χ1n) is 15.6. The molecule has 1 aliphatic heterocycles. The molecular weight excluding hydrogens is 560 g/mol. The molecule has 232 valence electrons. The van der Waals surface area contributed by atoms with Crippen LogP contribution in [0.15, 0.2) is 53.4 Å². The predicted octanol–water partition coefficient (Wildman–Crippen LogP) is 6.49. The van der Waals surface area contributed by atoms with Gasteiger partial charge in [0.2, 0.25) is 11.8 Å². The first-order chi connectivity index (χ1) is 20.6. The smallest absolute Gasteiger partial charge is 0.264 e. The standard InChI is InChI=1S/C34H46N4O4S/c1-22(2)18-27-21-42-31-20-30(32-23(3)8-6-9-24(32)4)36-34(37-31)38-43(39,40)29-11-7-10-26(19-29)33(27)25-12-14-28(15-13-25)35-16-17-41-5/h6-11,19-20,22,25,27-28,33,35H,12-18,21H2,1-5H3,(H,36,37,38)/t25-,27-,28-,33?/m1/s1. The minimum atomic E-state index is -3.93. The van der Waals surface area contributed by atoms with Crippen LogP contribution >= 0.6 is 0 Å². The molecule has 2 N–H and O–H groups in total. The number of benzene rings is 2. The van der Waals surface area contributed by atoms with Crippen LogP contribution in [-0.4, -0.2) is 51.3 Å². The molecule has 1 fully saturated rings. The van der Waals surface area contributed by atoms with Crippen molar-refractivity contribution in [3.8, 4) is 17.1 Å². The number of methoxy groups -OCH3 is 1. The molecule has 0 radical (unpaired) electrons. The first-order valence-corrected chi connectivity index (χ1v) is 17.1. The number of rotatable bonds is 8. The fourth-order valence-electron chi connectivity index (χ4n) is 7.05. The number of aryl methyl sites for hydroxylation is 2. The van der Waals surface area contributed by atoms with E-state index in [9.17, 15) is 8.42 Å². The fourth-order valence-corrected chi connectivity index (χ4v) is 8.05. The lowest BCUT2D eigenvalue weighted by Gasteiger charge is -2.39. The summed E-state index contributed by atoms with van der Waals surface area (Å²) >= 11 is 0. The maximum atomic E-state index is 13.7. The molecule has 1 unspecified atom stereocenters. The van der Waals surface area contributed by atoms with Crippen LogP contribution in [-0.2, 0) is 14.8 Å². The fraction of sp³-hybridized carbons (Fsp3) is 0.529. The Hall–Kier alpha value is -3.01. The van der Waals surface area contributed by atoms with Crippen LogP contribution in [0.2, 0.25) is 0 Å². The number of aromatic nitrogens is 2. The van der Waals surface area contributed by atoms with Crippen molar-refractivity contribution < 1.29 is 17.9 Å². The number of ether oxygens (including phenoxy) is 2. The van der Waals surface area contributed by atoms with E-state index in [0.29, 0.717) is 42.7 Å². The summed E-state index contributed by atoms with van der Waals surface area (Å²) in [6, 6.07) is 15.9. The van der Waals surface area contributed by atoms with Crippen LogP contribution in [0.5, 0.6) is 5.88 Å². The Morgan fingerprint density at radius 1 is 1.02 bits per heavy atom. The number of hydrogen-bond acceptors (Lipinski definition) is 7. The van der Waals surface area contributed by atoms with Crippen molar-refractivity contribution in [2.24, 2.45) is 17.8 Å². The molecule has 4 bridgehead atoms. The first kappa shape index (κ1) is 31.4. The number of hydrogen-bond donors (Lipinski definition) is 2. The van der Waals surface area contributed by atoms with Gasteiger partial charge in [-0.1, -0.05) is 44.2 Å². The van der Waals surface area contributed by atoms with Crippen molar-refractivity contribution >= 4 is 16.0 Å². The lowest BCUT2D eigenvalue weighted by atomic mass is 9.68. The van der Waals surface area contributed by atoms with Crippen LogP contribution < -0.4 is 14.8 Å². The summed E-state index contributed by atoms with van der Waals surface area (Å²) in [7, 11) is -2.20. The van der Waals surface area contributed by atoms with Gasteiger partial charge in [-0.15, -0.1) is 0 Å². The van der Waals surface area contributed by atoms with Crippen molar-refractivity contribution in [1.29, 1.82) is 0 Å². The monoisotopic (exact) mass is 606 g/mol. The van der Waals surface area contributed by atoms with Crippen LogP contribution in [0.3, 0.4) is 0 Å². The summed E-state index contributed by atoms with van der Waals surface area (Å²) in [6.45, 7) is 10.6. The average Bonchev–Trinajstić information content (AvgIpc) is 2.96. The average molecular weight is 607 g/mol. The zero-order chi connectivity index (χ0) is 30.6. The Bertz CT molecular complexity index is 1480. The van der Waals surface area contributed by atoms with Gasteiger partial charge in [0, 0.05) is 37.2 Å². The highest BCUT2D eigenvalue weighted by Crippen LogP contribution is 2.44. The van der Waals surface area contributed by atoms with Crippen LogP contribution in [0, 0.1) is 31.6 Å². The molecule has 5 rings (SSSR count). The van der Waals surface area contributed by atoms with Crippen molar-refractivity contribution in [3.63, 3.8) is 0 Å². The summed E-state index contributed by atoms with van der Waals surface area (Å²) in [6.07, 6.45) is 5.30. The van der Waals surface area contributed by atoms with E-state index in [4.69, 9.17) is 9.47 Å². The molecule has 3 aromatic rings. The number of fused-ring (bicyclic) bond motifs is 4. The third kappa shape index (κ3) is 7.56. The van der Waals surface area contributed by atoms with Crippen molar-refractivity contribution in [2.45, 2.75) is 76.7 Å². The van der Waals surface area contributed by atoms with Gasteiger partial charge < -0.3 is 14.8 Å². The SMILES string of the molecule is COCCN[C@H]1CC[C@H](C2c3cccc(c3)S(=O)(=O)Nc3nc(cc(-c4c(C)cccc4C)n3)OC[C@H]2CC(C)C)CC1. The summed E-state index contributed by atoms with van der Waals surface area (Å²) in [4.78, 5) is 9.43. The molecule has 1 saturated carbocycles. The number of nitrogens with zero attached hydrogens (tertiary/aromatic N) is 2. The van der Waals surface area contributed by atoms with Crippen LogP contribution in [0.25, 0.3) is 11.3 Å². The predicted molar refractivity (Wildman–Crippen MR) is 171 cm³/mol. The highest BCUT2D eigenvalue weighted by molar-refractivity contribution is 7.92. The molecule has 2 atom stereocenters. The molecule has 1 aromatic heterocycles. The number of sulfonamides is 1. The zero-order valence-electron chi connectivity index (χ0n) is 26.1. The van der Waals surface area contributed by atoms with E-state index in [2.05, 4.69) is 39.9 Å². The molecule has 1 aliphatic carbocycles.